The minimum absolute atomic E-state index is 0.0101. The van der Waals surface area contributed by atoms with Crippen molar-refractivity contribution in [1.82, 2.24) is 5.06 Å². The highest BCUT2D eigenvalue weighted by molar-refractivity contribution is 5.84. The molecule has 3 saturated heterocycles. The van der Waals surface area contributed by atoms with Crippen molar-refractivity contribution in [3.8, 4) is 0 Å². The number of carbonyl (C=O) groups excluding carboxylic acids is 2. The smallest absolute Gasteiger partial charge is 0.329 e. The molecule has 0 radical (unpaired) electrons. The summed E-state index contributed by atoms with van der Waals surface area (Å²) in [5.41, 5.74) is -1.54. The standard InChI is InChI=1S/C19H31NO6/c1-5-24-15(21)8-7-14-18(9-11-23-12-10-18)20-19(14,16(22)25-6-2)13-17(3,4)26-20/h14H,5-13H2,1-4H3/t14-,19-/m1/s1. The topological polar surface area (TPSA) is 74.3 Å². The predicted octanol–water partition coefficient (Wildman–Crippen LogP) is 2.23. The third-order valence-electron chi connectivity index (χ3n) is 5.96. The van der Waals surface area contributed by atoms with Crippen LogP contribution in [0.5, 0.6) is 0 Å². The molecular formula is C19H31NO6. The van der Waals surface area contributed by atoms with Crippen LogP contribution < -0.4 is 0 Å². The van der Waals surface area contributed by atoms with Gasteiger partial charge in [0.2, 0.25) is 0 Å². The quantitative estimate of drug-likeness (QED) is 0.665. The van der Waals surface area contributed by atoms with Crippen molar-refractivity contribution in [3.05, 3.63) is 0 Å². The fourth-order valence-corrected chi connectivity index (χ4v) is 5.19. The molecular weight excluding hydrogens is 338 g/mol. The Bertz CT molecular complexity index is 556. The Morgan fingerprint density at radius 2 is 1.77 bits per heavy atom. The van der Waals surface area contributed by atoms with Gasteiger partial charge in [-0.2, -0.15) is 5.06 Å². The van der Waals surface area contributed by atoms with Gasteiger partial charge in [-0.15, -0.1) is 0 Å². The average Bonchev–Trinajstić information content (AvgIpc) is 2.86. The maximum atomic E-state index is 13.0. The van der Waals surface area contributed by atoms with Gasteiger partial charge in [0.25, 0.3) is 0 Å². The lowest BCUT2D eigenvalue weighted by atomic mass is 9.55. The molecule has 148 valence electrons. The van der Waals surface area contributed by atoms with Gasteiger partial charge in [0.1, 0.15) is 0 Å². The molecule has 0 aromatic rings. The van der Waals surface area contributed by atoms with Crippen molar-refractivity contribution in [3.63, 3.8) is 0 Å². The summed E-state index contributed by atoms with van der Waals surface area (Å²) < 4.78 is 16.1. The van der Waals surface area contributed by atoms with Crippen LogP contribution in [-0.2, 0) is 28.6 Å². The molecule has 3 aliphatic heterocycles. The second kappa shape index (κ2) is 7.09. The van der Waals surface area contributed by atoms with Crippen molar-refractivity contribution in [2.75, 3.05) is 26.4 Å². The normalized spacial score (nSPS) is 31.9. The van der Waals surface area contributed by atoms with E-state index in [4.69, 9.17) is 19.0 Å². The van der Waals surface area contributed by atoms with Crippen molar-refractivity contribution in [1.29, 1.82) is 0 Å². The molecule has 2 atom stereocenters. The summed E-state index contributed by atoms with van der Waals surface area (Å²) in [6, 6.07) is 0. The van der Waals surface area contributed by atoms with E-state index in [1.807, 2.05) is 25.8 Å². The van der Waals surface area contributed by atoms with Crippen LogP contribution in [0.2, 0.25) is 0 Å². The molecule has 0 unspecified atom stereocenters. The van der Waals surface area contributed by atoms with E-state index in [2.05, 4.69) is 0 Å². The van der Waals surface area contributed by atoms with E-state index in [1.54, 1.807) is 6.92 Å². The van der Waals surface area contributed by atoms with Crippen LogP contribution in [-0.4, -0.2) is 60.1 Å². The van der Waals surface area contributed by atoms with Crippen LogP contribution in [0.3, 0.4) is 0 Å². The third kappa shape index (κ3) is 2.94. The summed E-state index contributed by atoms with van der Waals surface area (Å²) >= 11 is 0. The highest BCUT2D eigenvalue weighted by atomic mass is 16.7. The number of ether oxygens (including phenoxy) is 3. The lowest BCUT2D eigenvalue weighted by Crippen LogP contribution is -2.81. The fraction of sp³-hybridized carbons (Fsp3) is 0.895. The van der Waals surface area contributed by atoms with Crippen molar-refractivity contribution in [2.45, 2.75) is 76.5 Å². The first-order valence-corrected chi connectivity index (χ1v) is 9.72. The summed E-state index contributed by atoms with van der Waals surface area (Å²) in [5.74, 6) is -0.467. The molecule has 7 nitrogen and oxygen atoms in total. The summed E-state index contributed by atoms with van der Waals surface area (Å²) in [5, 5.41) is 1.91. The van der Waals surface area contributed by atoms with E-state index in [0.717, 1.165) is 12.8 Å². The zero-order valence-electron chi connectivity index (χ0n) is 16.3. The molecule has 1 spiro atoms. The van der Waals surface area contributed by atoms with Crippen LogP contribution in [0, 0.1) is 5.92 Å². The number of carbonyl (C=O) groups is 2. The second-order valence-corrected chi connectivity index (χ2v) is 8.08. The molecule has 0 aromatic heterocycles. The number of hydrogen-bond donors (Lipinski definition) is 0. The van der Waals surface area contributed by atoms with Crippen LogP contribution in [0.1, 0.15) is 59.8 Å². The lowest BCUT2D eigenvalue weighted by Gasteiger charge is -2.66. The molecule has 3 heterocycles. The number of esters is 2. The van der Waals surface area contributed by atoms with Gasteiger partial charge in [-0.1, -0.05) is 0 Å². The SMILES string of the molecule is CCOC(=O)CC[C@@H]1C2(CCOCC2)N2OC(C)(C)C[C@]12C(=O)OCC. The zero-order chi connectivity index (χ0) is 19.0. The molecule has 7 heteroatoms. The third-order valence-corrected chi connectivity index (χ3v) is 5.96. The lowest BCUT2D eigenvalue weighted by molar-refractivity contribution is -0.364. The Labute approximate surface area is 155 Å². The van der Waals surface area contributed by atoms with Crippen LogP contribution >= 0.6 is 0 Å². The molecule has 0 N–H and O–H groups in total. The maximum Gasteiger partial charge on any atom is 0.329 e. The largest absolute Gasteiger partial charge is 0.466 e. The van der Waals surface area contributed by atoms with Crippen molar-refractivity contribution < 1.29 is 28.6 Å². The van der Waals surface area contributed by atoms with E-state index >= 15 is 0 Å². The van der Waals surface area contributed by atoms with Gasteiger partial charge in [-0.3, -0.25) is 9.63 Å². The van der Waals surface area contributed by atoms with E-state index in [-0.39, 0.29) is 23.4 Å². The molecule has 3 rings (SSSR count). The van der Waals surface area contributed by atoms with E-state index < -0.39 is 11.1 Å². The van der Waals surface area contributed by atoms with Gasteiger partial charge in [0, 0.05) is 32.0 Å². The Morgan fingerprint density at radius 1 is 1.12 bits per heavy atom. The molecule has 0 saturated carbocycles. The molecule has 0 bridgehead atoms. The summed E-state index contributed by atoms with van der Waals surface area (Å²) in [4.78, 5) is 31.3. The first-order valence-electron chi connectivity index (χ1n) is 9.72. The Balaban J connectivity index is 1.91. The molecule has 0 amide bonds. The molecule has 3 aliphatic rings. The number of rotatable bonds is 6. The monoisotopic (exact) mass is 369 g/mol. The fourth-order valence-electron chi connectivity index (χ4n) is 5.19. The van der Waals surface area contributed by atoms with Gasteiger partial charge in [-0.05, 0) is 47.0 Å². The van der Waals surface area contributed by atoms with Gasteiger partial charge < -0.3 is 14.2 Å². The van der Waals surface area contributed by atoms with Crippen LogP contribution in [0.25, 0.3) is 0 Å². The summed E-state index contributed by atoms with van der Waals surface area (Å²) in [6.45, 7) is 9.59. The molecule has 0 aliphatic carbocycles. The van der Waals surface area contributed by atoms with Crippen LogP contribution in [0.15, 0.2) is 0 Å². The van der Waals surface area contributed by atoms with Crippen LogP contribution in [0.4, 0.5) is 0 Å². The summed E-state index contributed by atoms with van der Waals surface area (Å²) in [6.07, 6.45) is 3.04. The van der Waals surface area contributed by atoms with Crippen molar-refractivity contribution >= 4 is 11.9 Å². The van der Waals surface area contributed by atoms with Gasteiger partial charge in [0.05, 0.1) is 24.4 Å². The zero-order valence-corrected chi connectivity index (χ0v) is 16.3. The minimum atomic E-state index is -0.816. The maximum absolute atomic E-state index is 13.0. The van der Waals surface area contributed by atoms with E-state index in [1.165, 1.54) is 0 Å². The van der Waals surface area contributed by atoms with Gasteiger partial charge in [0.15, 0.2) is 5.54 Å². The number of hydroxylamine groups is 2. The second-order valence-electron chi connectivity index (χ2n) is 8.08. The van der Waals surface area contributed by atoms with Gasteiger partial charge >= 0.3 is 11.9 Å². The predicted molar refractivity (Wildman–Crippen MR) is 93.1 cm³/mol. The Hall–Kier alpha value is -1.18. The number of nitrogens with zero attached hydrogens (tertiary/aromatic N) is 1. The Morgan fingerprint density at radius 3 is 2.38 bits per heavy atom. The number of fused-ring (bicyclic) bond motifs is 2. The highest BCUT2D eigenvalue weighted by Crippen LogP contribution is 2.64. The van der Waals surface area contributed by atoms with E-state index in [0.29, 0.717) is 45.7 Å². The van der Waals surface area contributed by atoms with Crippen molar-refractivity contribution in [2.24, 2.45) is 5.92 Å². The first-order chi connectivity index (χ1) is 12.3. The average molecular weight is 369 g/mol. The molecule has 26 heavy (non-hydrogen) atoms. The first kappa shape index (κ1) is 19.6. The number of hydrogen-bond acceptors (Lipinski definition) is 7. The molecule has 3 fully saturated rings. The van der Waals surface area contributed by atoms with Gasteiger partial charge in [-0.25, -0.2) is 4.79 Å². The van der Waals surface area contributed by atoms with E-state index in [9.17, 15) is 9.59 Å². The minimum Gasteiger partial charge on any atom is -0.466 e. The highest BCUT2D eigenvalue weighted by Gasteiger charge is 2.78. The summed E-state index contributed by atoms with van der Waals surface area (Å²) in [7, 11) is 0. The Kier molecular flexibility index (Phi) is 5.34. The molecule has 0 aromatic carbocycles.